The first kappa shape index (κ1) is 27.5. The standard InChI is InChI=1S/C18H21ClN6O10P2/c19-18-22-15(24-20-5-9-3-1-2-4-11(9)26)10-6-21-25(16(10)23-18)17-14(28)13(27)12(35-17)7-34-37(32,33)8-36(29,30)31/h1-6,12-14,17,26-28H,7-8H2,(H,32,33)(H,22,23,24)(H2,29,30,31)/b20-5+/t12-,13-,14-,17-/m1/s1. The van der Waals surface area contributed by atoms with Gasteiger partial charge in [0.05, 0.1) is 24.4 Å². The Morgan fingerprint density at radius 1 is 1.19 bits per heavy atom. The topological polar surface area (TPSA) is 242 Å². The van der Waals surface area contributed by atoms with E-state index in [2.05, 4.69) is 25.6 Å². The van der Waals surface area contributed by atoms with Gasteiger partial charge in [0.25, 0.3) is 0 Å². The van der Waals surface area contributed by atoms with Crippen LogP contribution in [0.4, 0.5) is 5.82 Å². The zero-order valence-corrected chi connectivity index (χ0v) is 21.1. The molecule has 19 heteroatoms. The van der Waals surface area contributed by atoms with Crippen molar-refractivity contribution in [3.8, 4) is 5.75 Å². The average Bonchev–Trinajstić information content (AvgIpc) is 3.33. The highest BCUT2D eigenvalue weighted by Crippen LogP contribution is 2.55. The lowest BCUT2D eigenvalue weighted by molar-refractivity contribution is -0.0541. The molecule has 0 saturated carbocycles. The number of phenols is 1. The Hall–Kier alpha value is -2.49. The number of halogens is 1. The highest BCUT2D eigenvalue weighted by Gasteiger charge is 2.46. The highest BCUT2D eigenvalue weighted by atomic mass is 35.5. The van der Waals surface area contributed by atoms with Crippen molar-refractivity contribution in [1.82, 2.24) is 19.7 Å². The molecule has 1 aliphatic rings. The molecular formula is C18H21ClN6O10P2. The van der Waals surface area contributed by atoms with Crippen molar-refractivity contribution in [2.24, 2.45) is 5.10 Å². The summed E-state index contributed by atoms with van der Waals surface area (Å²) in [5.41, 5.74) is 3.17. The molecular weight excluding hydrogens is 558 g/mol. The number of aliphatic hydroxyl groups is 2. The zero-order valence-electron chi connectivity index (χ0n) is 18.5. The number of aromatic nitrogens is 4. The summed E-state index contributed by atoms with van der Waals surface area (Å²) in [7, 11) is -9.57. The van der Waals surface area contributed by atoms with Crippen molar-refractivity contribution in [1.29, 1.82) is 0 Å². The first-order valence-corrected chi connectivity index (χ1v) is 14.3. The normalized spacial score (nSPS) is 24.1. The van der Waals surface area contributed by atoms with E-state index in [1.165, 1.54) is 18.5 Å². The van der Waals surface area contributed by atoms with Gasteiger partial charge >= 0.3 is 15.2 Å². The third-order valence-electron chi connectivity index (χ3n) is 5.12. The Kier molecular flexibility index (Phi) is 7.97. The second-order valence-corrected chi connectivity index (χ2v) is 12.2. The smallest absolute Gasteiger partial charge is 0.340 e. The Labute approximate surface area is 212 Å². The quantitative estimate of drug-likeness (QED) is 0.0795. The number of ether oxygens (including phenoxy) is 1. The number of benzene rings is 1. The van der Waals surface area contributed by atoms with Gasteiger partial charge in [-0.1, -0.05) is 12.1 Å². The summed E-state index contributed by atoms with van der Waals surface area (Å²) in [6, 6.07) is 6.48. The number of aromatic hydroxyl groups is 1. The number of rotatable bonds is 9. The van der Waals surface area contributed by atoms with Gasteiger partial charge in [0.2, 0.25) is 5.28 Å². The number of hydrazone groups is 1. The number of aliphatic hydroxyl groups excluding tert-OH is 2. The van der Waals surface area contributed by atoms with Crippen molar-refractivity contribution in [2.75, 3.05) is 17.9 Å². The molecule has 1 saturated heterocycles. The SMILES string of the molecule is O=P(O)(O)CP(=O)(O)OC[C@H]1O[C@@H](n2ncc3c(N/N=C/c4ccccc4O)nc(Cl)nc32)[C@H](O)[C@@H]1O. The molecule has 0 amide bonds. The van der Waals surface area contributed by atoms with Crippen LogP contribution in [0.15, 0.2) is 35.6 Å². The molecule has 1 unspecified atom stereocenters. The van der Waals surface area contributed by atoms with Crippen molar-refractivity contribution in [3.63, 3.8) is 0 Å². The molecule has 1 aliphatic heterocycles. The minimum Gasteiger partial charge on any atom is -0.507 e. The number of hydrogen-bond donors (Lipinski definition) is 7. The first-order chi connectivity index (χ1) is 17.3. The van der Waals surface area contributed by atoms with E-state index in [0.717, 1.165) is 4.68 Å². The van der Waals surface area contributed by atoms with Gasteiger partial charge < -0.3 is 39.3 Å². The van der Waals surface area contributed by atoms with Crippen LogP contribution in [0.3, 0.4) is 0 Å². The number of nitrogens with zero attached hydrogens (tertiary/aromatic N) is 5. The summed E-state index contributed by atoms with van der Waals surface area (Å²) in [5.74, 6) is -1.29. The molecule has 4 rings (SSSR count). The number of anilines is 1. The van der Waals surface area contributed by atoms with Gasteiger partial charge in [0, 0.05) is 5.56 Å². The van der Waals surface area contributed by atoms with E-state index in [1.807, 2.05) is 0 Å². The molecule has 1 aromatic carbocycles. The summed E-state index contributed by atoms with van der Waals surface area (Å²) in [6.45, 7) is -0.759. The summed E-state index contributed by atoms with van der Waals surface area (Å²) in [4.78, 5) is 35.6. The molecule has 3 heterocycles. The van der Waals surface area contributed by atoms with E-state index in [4.69, 9.17) is 30.6 Å². The van der Waals surface area contributed by atoms with E-state index in [-0.39, 0.29) is 22.5 Å². The molecule has 2 aromatic heterocycles. The molecule has 7 N–H and O–H groups in total. The molecule has 0 radical (unpaired) electrons. The van der Waals surface area contributed by atoms with Crippen molar-refractivity contribution < 1.29 is 48.4 Å². The molecule has 5 atom stereocenters. The fourth-order valence-electron chi connectivity index (χ4n) is 3.46. The zero-order chi connectivity index (χ0) is 27.0. The van der Waals surface area contributed by atoms with Crippen molar-refractivity contribution in [2.45, 2.75) is 24.5 Å². The van der Waals surface area contributed by atoms with Crippen molar-refractivity contribution >= 4 is 49.9 Å². The molecule has 0 aliphatic carbocycles. The monoisotopic (exact) mass is 578 g/mol. The fraction of sp³-hybridized carbons (Fsp3) is 0.333. The molecule has 1 fully saturated rings. The van der Waals surface area contributed by atoms with Crippen LogP contribution in [0.25, 0.3) is 11.0 Å². The third kappa shape index (κ3) is 6.51. The van der Waals surface area contributed by atoms with E-state index >= 15 is 0 Å². The van der Waals surface area contributed by atoms with Crippen LogP contribution in [0.5, 0.6) is 5.75 Å². The van der Waals surface area contributed by atoms with Gasteiger partial charge in [0.1, 0.15) is 24.1 Å². The molecule has 3 aromatic rings. The predicted octanol–water partition coefficient (Wildman–Crippen LogP) is 0.588. The largest absolute Gasteiger partial charge is 0.507 e. The van der Waals surface area contributed by atoms with Crippen LogP contribution in [-0.2, 0) is 18.4 Å². The van der Waals surface area contributed by atoms with Crippen molar-refractivity contribution in [3.05, 3.63) is 41.3 Å². The lowest BCUT2D eigenvalue weighted by Crippen LogP contribution is -2.33. The van der Waals surface area contributed by atoms with Crippen LogP contribution in [0, 0.1) is 0 Å². The molecule has 200 valence electrons. The lowest BCUT2D eigenvalue weighted by Gasteiger charge is -2.18. The maximum atomic E-state index is 11.9. The second kappa shape index (κ2) is 10.7. The van der Waals surface area contributed by atoms with Gasteiger partial charge in [-0.25, -0.2) is 4.68 Å². The van der Waals surface area contributed by atoms with Gasteiger partial charge in [-0.2, -0.15) is 20.2 Å². The number of hydrogen-bond acceptors (Lipinski definition) is 12. The fourth-order valence-corrected chi connectivity index (χ4v) is 6.20. The average molecular weight is 579 g/mol. The molecule has 16 nitrogen and oxygen atoms in total. The molecule has 0 spiro atoms. The van der Waals surface area contributed by atoms with E-state index in [9.17, 15) is 29.3 Å². The van der Waals surface area contributed by atoms with Crippen LogP contribution in [0.1, 0.15) is 11.8 Å². The summed E-state index contributed by atoms with van der Waals surface area (Å²) >= 11 is 6.04. The number of fused-ring (bicyclic) bond motifs is 1. The number of nitrogens with one attached hydrogen (secondary N) is 1. The van der Waals surface area contributed by atoms with E-state index < -0.39 is 52.2 Å². The minimum absolute atomic E-state index is 0.00971. The minimum atomic E-state index is -4.85. The Morgan fingerprint density at radius 2 is 1.92 bits per heavy atom. The molecule has 0 bridgehead atoms. The van der Waals surface area contributed by atoms with Crippen LogP contribution in [0.2, 0.25) is 5.28 Å². The summed E-state index contributed by atoms with van der Waals surface area (Å²) < 4.78 is 34.2. The Balaban J connectivity index is 1.53. The van der Waals surface area contributed by atoms with E-state index in [1.54, 1.807) is 18.2 Å². The molecule has 37 heavy (non-hydrogen) atoms. The summed E-state index contributed by atoms with van der Waals surface area (Å²) in [5, 5.41) is 38.9. The highest BCUT2D eigenvalue weighted by molar-refractivity contribution is 7.70. The van der Waals surface area contributed by atoms with Crippen LogP contribution in [-0.4, -0.2) is 86.8 Å². The van der Waals surface area contributed by atoms with Gasteiger partial charge in [-0.15, -0.1) is 0 Å². The second-order valence-electron chi connectivity index (χ2n) is 7.88. The summed E-state index contributed by atoms with van der Waals surface area (Å²) in [6.07, 6.45) is -3.24. The van der Waals surface area contributed by atoms with Crippen LogP contribution < -0.4 is 5.43 Å². The predicted molar refractivity (Wildman–Crippen MR) is 128 cm³/mol. The Morgan fingerprint density at radius 3 is 2.62 bits per heavy atom. The van der Waals surface area contributed by atoms with Gasteiger partial charge in [-0.3, -0.25) is 14.6 Å². The van der Waals surface area contributed by atoms with Gasteiger partial charge in [0.15, 0.2) is 23.6 Å². The number of para-hydroxylation sites is 1. The third-order valence-corrected chi connectivity index (χ3v) is 8.74. The maximum absolute atomic E-state index is 11.9. The van der Waals surface area contributed by atoms with Gasteiger partial charge in [-0.05, 0) is 23.7 Å². The number of phenolic OH excluding ortho intramolecular Hbond substituents is 1. The maximum Gasteiger partial charge on any atom is 0.340 e. The first-order valence-electron chi connectivity index (χ1n) is 10.3. The Bertz CT molecular complexity index is 1420. The van der Waals surface area contributed by atoms with E-state index in [0.29, 0.717) is 10.9 Å². The lowest BCUT2D eigenvalue weighted by atomic mass is 10.1. The van der Waals surface area contributed by atoms with Crippen LogP contribution >= 0.6 is 26.8 Å².